The number of nitrogens with one attached hydrogen (secondary N) is 2. The maximum atomic E-state index is 4.33. The van der Waals surface area contributed by atoms with Gasteiger partial charge in [0.1, 0.15) is 0 Å². The highest BCUT2D eigenvalue weighted by molar-refractivity contribution is 5.46. The zero-order chi connectivity index (χ0) is 14.8. The second kappa shape index (κ2) is 8.47. The molecular weight excluding hydrogens is 252 g/mol. The van der Waals surface area contributed by atoms with Gasteiger partial charge >= 0.3 is 0 Å². The van der Waals surface area contributed by atoms with Gasteiger partial charge in [0.05, 0.1) is 0 Å². The molecule has 2 N–H and O–H groups in total. The Kier molecular flexibility index (Phi) is 6.53. The number of nitrogens with zero attached hydrogens (tertiary/aromatic N) is 4. The molecule has 6 heteroatoms. The molecular formula is C14H20N6. The van der Waals surface area contributed by atoms with E-state index in [1.165, 1.54) is 0 Å². The van der Waals surface area contributed by atoms with Crippen LogP contribution in [0.1, 0.15) is 0 Å². The van der Waals surface area contributed by atoms with Gasteiger partial charge in [0.2, 0.25) is 17.8 Å². The number of rotatable bonds is 10. The van der Waals surface area contributed by atoms with Gasteiger partial charge in [0.25, 0.3) is 0 Å². The molecule has 1 rings (SSSR count). The Balaban J connectivity index is 3.05. The van der Waals surface area contributed by atoms with E-state index in [9.17, 15) is 0 Å². The Morgan fingerprint density at radius 3 is 1.80 bits per heavy atom. The van der Waals surface area contributed by atoms with Crippen LogP contribution in [-0.2, 0) is 0 Å². The molecule has 0 aliphatic heterocycles. The van der Waals surface area contributed by atoms with E-state index in [2.05, 4.69) is 51.9 Å². The molecule has 0 saturated heterocycles. The lowest BCUT2D eigenvalue weighted by Crippen LogP contribution is -2.20. The molecule has 0 aliphatic carbocycles. The molecule has 0 spiro atoms. The number of hydrogen-bond acceptors (Lipinski definition) is 6. The van der Waals surface area contributed by atoms with Crippen molar-refractivity contribution in [3.63, 3.8) is 0 Å². The van der Waals surface area contributed by atoms with Crippen LogP contribution in [0, 0.1) is 0 Å². The number of hydrogen-bond donors (Lipinski definition) is 2. The quantitative estimate of drug-likeness (QED) is 0.637. The minimum absolute atomic E-state index is 0.470. The summed E-state index contributed by atoms with van der Waals surface area (Å²) in [7, 11) is 0. The average molecular weight is 272 g/mol. The van der Waals surface area contributed by atoms with Crippen LogP contribution in [0.2, 0.25) is 0 Å². The Hall–Kier alpha value is -2.63. The SMILES string of the molecule is C=CCNc1nc(NCC=C)nc(N(C=C)CC=C)n1. The lowest BCUT2D eigenvalue weighted by molar-refractivity contribution is 0.944. The molecule has 0 bridgehead atoms. The Morgan fingerprint density at radius 1 is 0.850 bits per heavy atom. The van der Waals surface area contributed by atoms with Crippen molar-refractivity contribution in [3.05, 3.63) is 50.7 Å². The average Bonchev–Trinajstić information content (AvgIpc) is 2.48. The van der Waals surface area contributed by atoms with E-state index >= 15 is 0 Å². The highest BCUT2D eigenvalue weighted by atomic mass is 15.3. The van der Waals surface area contributed by atoms with E-state index in [-0.39, 0.29) is 0 Å². The van der Waals surface area contributed by atoms with E-state index in [4.69, 9.17) is 0 Å². The Morgan fingerprint density at radius 2 is 1.40 bits per heavy atom. The maximum Gasteiger partial charge on any atom is 0.236 e. The minimum Gasteiger partial charge on any atom is -0.351 e. The topological polar surface area (TPSA) is 66.0 Å². The smallest absolute Gasteiger partial charge is 0.236 e. The summed E-state index contributed by atoms with van der Waals surface area (Å²) >= 11 is 0. The van der Waals surface area contributed by atoms with Gasteiger partial charge in [-0.1, -0.05) is 24.8 Å². The Labute approximate surface area is 119 Å². The fourth-order valence-corrected chi connectivity index (χ4v) is 1.36. The van der Waals surface area contributed by atoms with Crippen molar-refractivity contribution in [1.82, 2.24) is 15.0 Å². The molecule has 1 aromatic heterocycles. The minimum atomic E-state index is 0.470. The monoisotopic (exact) mass is 272 g/mol. The van der Waals surface area contributed by atoms with Crippen LogP contribution in [0.3, 0.4) is 0 Å². The fourth-order valence-electron chi connectivity index (χ4n) is 1.36. The van der Waals surface area contributed by atoms with E-state index in [0.29, 0.717) is 37.5 Å². The molecule has 0 saturated carbocycles. The Bertz CT molecular complexity index is 452. The summed E-state index contributed by atoms with van der Waals surface area (Å²) in [4.78, 5) is 14.7. The van der Waals surface area contributed by atoms with Crippen LogP contribution in [-0.4, -0.2) is 34.6 Å². The molecule has 6 nitrogen and oxygen atoms in total. The van der Waals surface area contributed by atoms with Gasteiger partial charge in [0.15, 0.2) is 0 Å². The van der Waals surface area contributed by atoms with Crippen molar-refractivity contribution < 1.29 is 0 Å². The first-order valence-corrected chi connectivity index (χ1v) is 6.20. The van der Waals surface area contributed by atoms with Crippen molar-refractivity contribution in [3.8, 4) is 0 Å². The second-order valence-electron chi connectivity index (χ2n) is 3.75. The van der Waals surface area contributed by atoms with Crippen molar-refractivity contribution in [2.24, 2.45) is 0 Å². The lowest BCUT2D eigenvalue weighted by Gasteiger charge is -2.17. The summed E-state index contributed by atoms with van der Waals surface area (Å²) in [6, 6.07) is 0. The predicted octanol–water partition coefficient (Wildman–Crippen LogP) is 2.20. The van der Waals surface area contributed by atoms with Gasteiger partial charge in [-0.05, 0) is 0 Å². The third kappa shape index (κ3) is 4.56. The van der Waals surface area contributed by atoms with E-state index in [1.54, 1.807) is 29.3 Å². The zero-order valence-corrected chi connectivity index (χ0v) is 11.5. The molecule has 106 valence electrons. The molecule has 1 aromatic rings. The largest absolute Gasteiger partial charge is 0.351 e. The van der Waals surface area contributed by atoms with Crippen molar-refractivity contribution in [1.29, 1.82) is 0 Å². The second-order valence-corrected chi connectivity index (χ2v) is 3.75. The molecule has 0 amide bonds. The molecule has 0 aromatic carbocycles. The first kappa shape index (κ1) is 15.4. The molecule has 0 aliphatic rings. The van der Waals surface area contributed by atoms with E-state index < -0.39 is 0 Å². The summed E-state index contributed by atoms with van der Waals surface area (Å²) in [5.41, 5.74) is 0. The highest BCUT2D eigenvalue weighted by Crippen LogP contribution is 2.13. The first-order chi connectivity index (χ1) is 9.74. The fraction of sp³-hybridized carbons (Fsp3) is 0.214. The van der Waals surface area contributed by atoms with Gasteiger partial charge in [-0.15, -0.1) is 19.7 Å². The number of anilines is 3. The molecule has 20 heavy (non-hydrogen) atoms. The summed E-state index contributed by atoms with van der Waals surface area (Å²) < 4.78 is 0. The van der Waals surface area contributed by atoms with Gasteiger partial charge in [0, 0.05) is 25.8 Å². The van der Waals surface area contributed by atoms with Gasteiger partial charge in [-0.3, -0.25) is 0 Å². The van der Waals surface area contributed by atoms with Crippen LogP contribution >= 0.6 is 0 Å². The summed E-state index contributed by atoms with van der Waals surface area (Å²) in [6.07, 6.45) is 6.86. The number of aromatic nitrogens is 3. The first-order valence-electron chi connectivity index (χ1n) is 6.20. The van der Waals surface area contributed by atoms with Crippen LogP contribution in [0.4, 0.5) is 17.8 Å². The molecule has 0 fully saturated rings. The molecule has 1 heterocycles. The van der Waals surface area contributed by atoms with Crippen LogP contribution < -0.4 is 15.5 Å². The summed E-state index contributed by atoms with van der Waals surface area (Å²) in [6.45, 7) is 16.4. The summed E-state index contributed by atoms with van der Waals surface area (Å²) in [5, 5.41) is 6.08. The molecule has 0 radical (unpaired) electrons. The van der Waals surface area contributed by atoms with Crippen molar-refractivity contribution in [2.45, 2.75) is 0 Å². The van der Waals surface area contributed by atoms with Gasteiger partial charge < -0.3 is 15.5 Å². The molecule has 0 atom stereocenters. The zero-order valence-electron chi connectivity index (χ0n) is 11.5. The van der Waals surface area contributed by atoms with E-state index in [0.717, 1.165) is 0 Å². The van der Waals surface area contributed by atoms with Crippen LogP contribution in [0.25, 0.3) is 0 Å². The third-order valence-corrected chi connectivity index (χ3v) is 2.24. The standard InChI is InChI=1S/C14H20N6/c1-5-9-15-12-17-13(16-10-6-2)19-14(18-12)20(8-4)11-7-3/h5-8H,1-4,9-11H2,(H2,15,16,17,18,19). The van der Waals surface area contributed by atoms with Crippen LogP contribution in [0.5, 0.6) is 0 Å². The van der Waals surface area contributed by atoms with Gasteiger partial charge in [-0.2, -0.15) is 15.0 Å². The van der Waals surface area contributed by atoms with Crippen molar-refractivity contribution in [2.75, 3.05) is 35.2 Å². The highest BCUT2D eigenvalue weighted by Gasteiger charge is 2.09. The normalized spacial score (nSPS) is 9.40. The molecule has 0 unspecified atom stereocenters. The third-order valence-electron chi connectivity index (χ3n) is 2.24. The lowest BCUT2D eigenvalue weighted by atomic mass is 10.5. The summed E-state index contributed by atoms with van der Waals surface area (Å²) in [5.74, 6) is 1.43. The van der Waals surface area contributed by atoms with E-state index in [1.807, 2.05) is 0 Å². The van der Waals surface area contributed by atoms with Crippen LogP contribution in [0.15, 0.2) is 50.7 Å². The van der Waals surface area contributed by atoms with Crippen molar-refractivity contribution >= 4 is 17.8 Å². The predicted molar refractivity (Wildman–Crippen MR) is 84.9 cm³/mol. The maximum absolute atomic E-state index is 4.33. The van der Waals surface area contributed by atoms with Gasteiger partial charge in [-0.25, -0.2) is 0 Å².